The summed E-state index contributed by atoms with van der Waals surface area (Å²) in [6, 6.07) is 9.55. The number of imidazole rings is 1. The predicted octanol–water partition coefficient (Wildman–Crippen LogP) is 3.57. The van der Waals surface area contributed by atoms with Crippen LogP contribution in [0.3, 0.4) is 0 Å². The molecule has 3 rings (SSSR count). The van der Waals surface area contributed by atoms with Gasteiger partial charge in [-0.15, -0.1) is 0 Å². The largest absolute Gasteiger partial charge is 0.326 e. The maximum atomic E-state index is 12.5. The van der Waals surface area contributed by atoms with E-state index in [0.29, 0.717) is 0 Å². The number of carbonyl (C=O) groups is 1. The van der Waals surface area contributed by atoms with Gasteiger partial charge in [-0.3, -0.25) is 9.78 Å². The Labute approximate surface area is 139 Å². The molecule has 0 radical (unpaired) electrons. The summed E-state index contributed by atoms with van der Waals surface area (Å²) in [4.78, 5) is 21.1. The molecule has 0 aliphatic carbocycles. The molecule has 0 aliphatic rings. The summed E-state index contributed by atoms with van der Waals surface area (Å²) < 4.78 is 2.02. The molecule has 1 N–H and O–H groups in total. The van der Waals surface area contributed by atoms with Crippen LogP contribution in [0.15, 0.2) is 54.1 Å². The summed E-state index contributed by atoms with van der Waals surface area (Å²) in [5, 5.41) is 4.55. The van der Waals surface area contributed by atoms with Crippen molar-refractivity contribution in [2.45, 2.75) is 30.8 Å². The van der Waals surface area contributed by atoms with E-state index in [1.165, 1.54) is 11.8 Å². The molecule has 1 aromatic carbocycles. The van der Waals surface area contributed by atoms with E-state index in [1.807, 2.05) is 48.0 Å². The summed E-state index contributed by atoms with van der Waals surface area (Å²) in [5.41, 5.74) is 1.65. The lowest BCUT2D eigenvalue weighted by atomic mass is 10.2. The minimum atomic E-state index is -0.241. The number of benzene rings is 1. The van der Waals surface area contributed by atoms with Gasteiger partial charge in [0.1, 0.15) is 0 Å². The number of hydrogen-bond acceptors (Lipinski definition) is 4. The number of carbonyl (C=O) groups excluding carboxylic acids is 1. The van der Waals surface area contributed by atoms with Gasteiger partial charge in [0.15, 0.2) is 5.16 Å². The standard InChI is InChI=1S/C17H18N4OS/c1-3-21-11-10-19-17(21)23-12(2)16(22)20-15-8-4-7-14-13(15)6-5-9-18-14/h4-12H,3H2,1-2H3,(H,20,22). The van der Waals surface area contributed by atoms with Crippen molar-refractivity contribution in [1.29, 1.82) is 0 Å². The summed E-state index contributed by atoms with van der Waals surface area (Å²) in [5.74, 6) is -0.0444. The van der Waals surface area contributed by atoms with E-state index in [9.17, 15) is 4.79 Å². The van der Waals surface area contributed by atoms with Crippen molar-refractivity contribution < 1.29 is 4.79 Å². The normalized spacial score (nSPS) is 12.3. The van der Waals surface area contributed by atoms with Crippen LogP contribution in [0.4, 0.5) is 5.69 Å². The minimum absolute atomic E-state index is 0.0444. The molecule has 0 aliphatic heterocycles. The number of nitrogens with zero attached hydrogens (tertiary/aromatic N) is 3. The summed E-state index contributed by atoms with van der Waals surface area (Å²) in [7, 11) is 0. The minimum Gasteiger partial charge on any atom is -0.326 e. The zero-order chi connectivity index (χ0) is 16.2. The van der Waals surface area contributed by atoms with Crippen LogP contribution < -0.4 is 5.32 Å². The molecule has 0 fully saturated rings. The summed E-state index contributed by atoms with van der Waals surface area (Å²) in [6.07, 6.45) is 5.42. The molecule has 0 saturated heterocycles. The van der Waals surface area contributed by atoms with Gasteiger partial charge in [0, 0.05) is 30.5 Å². The molecule has 5 nitrogen and oxygen atoms in total. The lowest BCUT2D eigenvalue weighted by Crippen LogP contribution is -2.23. The smallest absolute Gasteiger partial charge is 0.237 e. The average molecular weight is 326 g/mol. The van der Waals surface area contributed by atoms with Gasteiger partial charge in [0.05, 0.1) is 16.5 Å². The highest BCUT2D eigenvalue weighted by molar-refractivity contribution is 8.00. The molecule has 3 aromatic rings. The molecule has 23 heavy (non-hydrogen) atoms. The molecule has 2 aromatic heterocycles. The van der Waals surface area contributed by atoms with Crippen molar-refractivity contribution >= 4 is 34.3 Å². The quantitative estimate of drug-likeness (QED) is 0.728. The van der Waals surface area contributed by atoms with Gasteiger partial charge in [0.25, 0.3) is 0 Å². The zero-order valence-corrected chi connectivity index (χ0v) is 13.9. The number of anilines is 1. The Balaban J connectivity index is 1.75. The van der Waals surface area contributed by atoms with Crippen LogP contribution >= 0.6 is 11.8 Å². The van der Waals surface area contributed by atoms with Gasteiger partial charge in [-0.25, -0.2) is 4.98 Å². The van der Waals surface area contributed by atoms with Gasteiger partial charge >= 0.3 is 0 Å². The Hall–Kier alpha value is -2.34. The summed E-state index contributed by atoms with van der Waals surface area (Å²) >= 11 is 1.46. The molecular formula is C17H18N4OS. The number of aromatic nitrogens is 3. The first kappa shape index (κ1) is 15.6. The molecule has 0 spiro atoms. The van der Waals surface area contributed by atoms with E-state index >= 15 is 0 Å². The van der Waals surface area contributed by atoms with Crippen molar-refractivity contribution in [2.75, 3.05) is 5.32 Å². The van der Waals surface area contributed by atoms with E-state index < -0.39 is 0 Å². The maximum absolute atomic E-state index is 12.5. The van der Waals surface area contributed by atoms with Crippen LogP contribution in [-0.2, 0) is 11.3 Å². The first-order valence-corrected chi connectivity index (χ1v) is 8.39. The van der Waals surface area contributed by atoms with Crippen molar-refractivity contribution in [1.82, 2.24) is 14.5 Å². The fourth-order valence-electron chi connectivity index (χ4n) is 2.31. The first-order chi connectivity index (χ1) is 11.2. The van der Waals surface area contributed by atoms with E-state index in [2.05, 4.69) is 22.2 Å². The van der Waals surface area contributed by atoms with Gasteiger partial charge in [0.2, 0.25) is 5.91 Å². The van der Waals surface area contributed by atoms with Crippen molar-refractivity contribution in [3.8, 4) is 0 Å². The predicted molar refractivity (Wildman–Crippen MR) is 93.6 cm³/mol. The Morgan fingerprint density at radius 1 is 1.26 bits per heavy atom. The van der Waals surface area contributed by atoms with Gasteiger partial charge in [-0.2, -0.15) is 0 Å². The number of pyridine rings is 1. The van der Waals surface area contributed by atoms with E-state index in [1.54, 1.807) is 12.4 Å². The lowest BCUT2D eigenvalue weighted by molar-refractivity contribution is -0.115. The second-order valence-electron chi connectivity index (χ2n) is 5.12. The van der Waals surface area contributed by atoms with Crippen molar-refractivity contribution in [3.05, 3.63) is 48.9 Å². The highest BCUT2D eigenvalue weighted by Gasteiger charge is 2.18. The Kier molecular flexibility index (Phi) is 4.62. The molecule has 1 unspecified atom stereocenters. The molecule has 1 atom stereocenters. The number of nitrogens with one attached hydrogen (secondary N) is 1. The lowest BCUT2D eigenvalue weighted by Gasteiger charge is -2.13. The van der Waals surface area contributed by atoms with Gasteiger partial charge in [-0.05, 0) is 38.1 Å². The summed E-state index contributed by atoms with van der Waals surface area (Å²) in [6.45, 7) is 4.78. The van der Waals surface area contributed by atoms with Crippen LogP contribution in [0, 0.1) is 0 Å². The third-order valence-corrected chi connectivity index (χ3v) is 4.69. The highest BCUT2D eigenvalue weighted by Crippen LogP contribution is 2.25. The van der Waals surface area contributed by atoms with E-state index in [4.69, 9.17) is 0 Å². The number of fused-ring (bicyclic) bond motifs is 1. The second-order valence-corrected chi connectivity index (χ2v) is 6.43. The first-order valence-electron chi connectivity index (χ1n) is 7.51. The third-order valence-electron chi connectivity index (χ3n) is 3.57. The Morgan fingerprint density at radius 2 is 2.13 bits per heavy atom. The van der Waals surface area contributed by atoms with Crippen LogP contribution in [-0.4, -0.2) is 25.7 Å². The monoisotopic (exact) mass is 326 g/mol. The molecule has 118 valence electrons. The molecule has 0 saturated carbocycles. The van der Waals surface area contributed by atoms with Gasteiger partial charge in [-0.1, -0.05) is 17.8 Å². The average Bonchev–Trinajstić information content (AvgIpc) is 3.02. The fraction of sp³-hybridized carbons (Fsp3) is 0.235. The van der Waals surface area contributed by atoms with Crippen LogP contribution in [0.5, 0.6) is 0 Å². The Bertz CT molecular complexity index is 825. The maximum Gasteiger partial charge on any atom is 0.237 e. The molecular weight excluding hydrogens is 308 g/mol. The number of amides is 1. The van der Waals surface area contributed by atoms with Crippen LogP contribution in [0.25, 0.3) is 10.9 Å². The molecule has 2 heterocycles. The fourth-order valence-corrected chi connectivity index (χ4v) is 3.24. The van der Waals surface area contributed by atoms with Crippen molar-refractivity contribution in [2.24, 2.45) is 0 Å². The number of thioether (sulfide) groups is 1. The van der Waals surface area contributed by atoms with Crippen molar-refractivity contribution in [3.63, 3.8) is 0 Å². The topological polar surface area (TPSA) is 59.8 Å². The molecule has 1 amide bonds. The molecule has 0 bridgehead atoms. The van der Waals surface area contributed by atoms with E-state index in [0.717, 1.165) is 28.3 Å². The zero-order valence-electron chi connectivity index (χ0n) is 13.1. The van der Waals surface area contributed by atoms with Crippen LogP contribution in [0.1, 0.15) is 13.8 Å². The number of hydrogen-bond donors (Lipinski definition) is 1. The number of aryl methyl sites for hydroxylation is 1. The second kappa shape index (κ2) is 6.83. The van der Waals surface area contributed by atoms with Crippen LogP contribution in [0.2, 0.25) is 0 Å². The Morgan fingerprint density at radius 3 is 2.96 bits per heavy atom. The van der Waals surface area contributed by atoms with Gasteiger partial charge < -0.3 is 9.88 Å². The third kappa shape index (κ3) is 3.37. The molecule has 6 heteroatoms. The van der Waals surface area contributed by atoms with E-state index in [-0.39, 0.29) is 11.2 Å². The SMILES string of the molecule is CCn1ccnc1SC(C)C(=O)Nc1cccc2ncccc12. The number of rotatable bonds is 5. The highest BCUT2D eigenvalue weighted by atomic mass is 32.2.